The lowest BCUT2D eigenvalue weighted by Gasteiger charge is -2.37. The number of anilines is 1. The van der Waals surface area contributed by atoms with Crippen LogP contribution in [-0.2, 0) is 14.3 Å². The van der Waals surface area contributed by atoms with Crippen LogP contribution in [0.5, 0.6) is 0 Å². The number of likely N-dealkylation sites (tertiary alicyclic amines) is 1. The molecule has 1 aromatic carbocycles. The van der Waals surface area contributed by atoms with E-state index >= 15 is 0 Å². The molecule has 8 nitrogen and oxygen atoms in total. The van der Waals surface area contributed by atoms with Gasteiger partial charge in [-0.3, -0.25) is 14.4 Å². The van der Waals surface area contributed by atoms with E-state index in [1.54, 1.807) is 4.90 Å². The van der Waals surface area contributed by atoms with Gasteiger partial charge in [-0.15, -0.1) is 0 Å². The normalized spacial score (nSPS) is 26.1. The molecule has 4 atom stereocenters. The monoisotopic (exact) mass is 484 g/mol. The highest BCUT2D eigenvalue weighted by molar-refractivity contribution is 5.99. The van der Waals surface area contributed by atoms with E-state index in [1.165, 1.54) is 0 Å². The minimum atomic E-state index is -0.735. The fraction of sp³-hybridized carbons (Fsp3) is 0.667. The van der Waals surface area contributed by atoms with Crippen molar-refractivity contribution in [1.29, 1.82) is 0 Å². The van der Waals surface area contributed by atoms with Gasteiger partial charge in [-0.1, -0.05) is 34.6 Å². The van der Waals surface area contributed by atoms with Crippen molar-refractivity contribution in [2.24, 2.45) is 11.3 Å². The molecular weight excluding hydrogens is 444 g/mol. The van der Waals surface area contributed by atoms with Crippen molar-refractivity contribution in [2.45, 2.75) is 59.2 Å². The van der Waals surface area contributed by atoms with Gasteiger partial charge in [0, 0.05) is 49.9 Å². The predicted molar refractivity (Wildman–Crippen MR) is 136 cm³/mol. The van der Waals surface area contributed by atoms with Crippen molar-refractivity contribution in [2.75, 3.05) is 50.8 Å². The van der Waals surface area contributed by atoms with Crippen LogP contribution in [0.4, 0.5) is 5.69 Å². The molecule has 0 unspecified atom stereocenters. The molecule has 3 fully saturated rings. The smallest absolute Gasteiger partial charge is 0.251 e. The highest BCUT2D eigenvalue weighted by Crippen LogP contribution is 2.35. The number of likely N-dealkylation sites (N-methyl/N-ethyl adjacent to an activating group) is 1. The first-order chi connectivity index (χ1) is 16.7. The zero-order valence-corrected chi connectivity index (χ0v) is 21.8. The quantitative estimate of drug-likeness (QED) is 0.639. The minimum absolute atomic E-state index is 0.0531. The lowest BCUT2D eigenvalue weighted by atomic mass is 9.80. The lowest BCUT2D eigenvalue weighted by Crippen LogP contribution is -2.57. The summed E-state index contributed by atoms with van der Waals surface area (Å²) in [5.41, 5.74) is 1.16. The number of Topliss-reactive ketones (excluding diaryl/α,β-unsaturated/α-hetero) is 1. The maximum absolute atomic E-state index is 13.8. The number of ketones is 1. The van der Waals surface area contributed by atoms with Crippen LogP contribution in [0.2, 0.25) is 0 Å². The van der Waals surface area contributed by atoms with Crippen LogP contribution in [0.25, 0.3) is 0 Å². The number of ether oxygens (including phenoxy) is 1. The van der Waals surface area contributed by atoms with E-state index in [0.29, 0.717) is 18.5 Å². The van der Waals surface area contributed by atoms with Gasteiger partial charge in [0.05, 0.1) is 6.10 Å². The summed E-state index contributed by atoms with van der Waals surface area (Å²) in [4.78, 5) is 45.9. The van der Waals surface area contributed by atoms with Gasteiger partial charge in [0.1, 0.15) is 18.7 Å². The molecule has 3 saturated heterocycles. The second-order valence-corrected chi connectivity index (χ2v) is 10.9. The summed E-state index contributed by atoms with van der Waals surface area (Å²) in [6, 6.07) is 6.36. The van der Waals surface area contributed by atoms with Crippen molar-refractivity contribution < 1.29 is 19.1 Å². The number of nitrogens with one attached hydrogen (secondary N) is 1. The lowest BCUT2D eigenvalue weighted by molar-refractivity contribution is -0.140. The third kappa shape index (κ3) is 5.09. The number of hydrogen-bond acceptors (Lipinski definition) is 6. The third-order valence-corrected chi connectivity index (χ3v) is 8.25. The standard InChI is InChI=1S/C27H40N4O4/c1-6-27(4,5)24(26(34)31-16-18(3)23-22(31)21(32)17-35-23)28-25(33)19-8-10-20(11-9-19)30-14-12-29(7-2)13-15-30/h8-11,18,22-24H,6-7,12-17H2,1-5H3,(H,28,33)/t18-,22+,23+,24+/m0/s1. The topological polar surface area (TPSA) is 82.2 Å². The number of hydrogen-bond donors (Lipinski definition) is 1. The van der Waals surface area contributed by atoms with Gasteiger partial charge in [0.25, 0.3) is 5.91 Å². The predicted octanol–water partition coefficient (Wildman–Crippen LogP) is 2.18. The summed E-state index contributed by atoms with van der Waals surface area (Å²) in [5.74, 6) is -0.440. The summed E-state index contributed by atoms with van der Waals surface area (Å²) >= 11 is 0. The van der Waals surface area contributed by atoms with Crippen LogP contribution >= 0.6 is 0 Å². The Labute approximate surface area is 209 Å². The van der Waals surface area contributed by atoms with Crippen molar-refractivity contribution in [3.63, 3.8) is 0 Å². The molecule has 3 heterocycles. The molecule has 3 aliphatic rings. The first-order valence-corrected chi connectivity index (χ1v) is 13.0. The molecule has 0 bridgehead atoms. The number of carbonyl (C=O) groups excluding carboxylic acids is 3. The number of fused-ring (bicyclic) bond motifs is 1. The molecule has 4 rings (SSSR count). The molecule has 0 spiro atoms. The zero-order chi connectivity index (χ0) is 25.3. The summed E-state index contributed by atoms with van der Waals surface area (Å²) in [5, 5.41) is 3.02. The third-order valence-electron chi connectivity index (χ3n) is 8.25. The number of benzene rings is 1. The summed E-state index contributed by atoms with van der Waals surface area (Å²) < 4.78 is 5.66. The molecule has 0 saturated carbocycles. The number of amides is 2. The number of carbonyl (C=O) groups is 3. The van der Waals surface area contributed by atoms with E-state index in [0.717, 1.165) is 38.4 Å². The SMILES string of the molecule is CCN1CCN(c2ccc(C(=O)N[C@H](C(=O)N3C[C@H](C)[C@H]4OCC(=O)[C@H]43)C(C)(C)CC)cc2)CC1. The van der Waals surface area contributed by atoms with Crippen LogP contribution < -0.4 is 10.2 Å². The van der Waals surface area contributed by atoms with Gasteiger partial charge in [-0.05, 0) is 42.6 Å². The first-order valence-electron chi connectivity index (χ1n) is 13.0. The largest absolute Gasteiger partial charge is 0.369 e. The highest BCUT2D eigenvalue weighted by atomic mass is 16.5. The molecule has 0 radical (unpaired) electrons. The Balaban J connectivity index is 1.48. The molecule has 1 aromatic rings. The van der Waals surface area contributed by atoms with Crippen molar-refractivity contribution >= 4 is 23.3 Å². The van der Waals surface area contributed by atoms with E-state index in [1.807, 2.05) is 52.0 Å². The van der Waals surface area contributed by atoms with Crippen LogP contribution in [0.1, 0.15) is 51.4 Å². The fourth-order valence-corrected chi connectivity index (χ4v) is 5.44. The summed E-state index contributed by atoms with van der Waals surface area (Å²) in [6.45, 7) is 15.8. The average Bonchev–Trinajstić information content (AvgIpc) is 3.42. The molecule has 0 aliphatic carbocycles. The van der Waals surface area contributed by atoms with Crippen molar-refractivity contribution in [3.05, 3.63) is 29.8 Å². The van der Waals surface area contributed by atoms with E-state index < -0.39 is 17.5 Å². The van der Waals surface area contributed by atoms with E-state index in [9.17, 15) is 14.4 Å². The molecule has 35 heavy (non-hydrogen) atoms. The molecule has 192 valence electrons. The number of rotatable bonds is 7. The Morgan fingerprint density at radius 1 is 1.11 bits per heavy atom. The summed E-state index contributed by atoms with van der Waals surface area (Å²) in [7, 11) is 0. The van der Waals surface area contributed by atoms with Crippen LogP contribution in [0, 0.1) is 11.3 Å². The molecule has 1 N–H and O–H groups in total. The fourth-order valence-electron chi connectivity index (χ4n) is 5.44. The zero-order valence-electron chi connectivity index (χ0n) is 21.8. The maximum Gasteiger partial charge on any atom is 0.251 e. The van der Waals surface area contributed by atoms with Crippen LogP contribution in [-0.4, -0.2) is 91.5 Å². The van der Waals surface area contributed by atoms with Gasteiger partial charge in [0.15, 0.2) is 5.78 Å². The van der Waals surface area contributed by atoms with E-state index in [2.05, 4.69) is 22.0 Å². The Morgan fingerprint density at radius 3 is 2.37 bits per heavy atom. The molecule has 2 amide bonds. The van der Waals surface area contributed by atoms with Gasteiger partial charge in [-0.2, -0.15) is 0 Å². The second-order valence-electron chi connectivity index (χ2n) is 10.9. The van der Waals surface area contributed by atoms with Crippen LogP contribution in [0.3, 0.4) is 0 Å². The Kier molecular flexibility index (Phi) is 7.52. The Bertz CT molecular complexity index is 939. The van der Waals surface area contributed by atoms with E-state index in [4.69, 9.17) is 4.74 Å². The molecule has 0 aromatic heterocycles. The van der Waals surface area contributed by atoms with Gasteiger partial charge >= 0.3 is 0 Å². The van der Waals surface area contributed by atoms with Crippen molar-refractivity contribution in [1.82, 2.24) is 15.1 Å². The molecule has 3 aliphatic heterocycles. The first kappa shape index (κ1) is 25.6. The Hall–Kier alpha value is -2.45. The molecule has 8 heteroatoms. The number of piperazine rings is 1. The minimum Gasteiger partial charge on any atom is -0.369 e. The van der Waals surface area contributed by atoms with E-state index in [-0.39, 0.29) is 36.2 Å². The molecular formula is C27H40N4O4. The maximum atomic E-state index is 13.8. The van der Waals surface area contributed by atoms with Crippen LogP contribution in [0.15, 0.2) is 24.3 Å². The van der Waals surface area contributed by atoms with Crippen molar-refractivity contribution in [3.8, 4) is 0 Å². The Morgan fingerprint density at radius 2 is 1.77 bits per heavy atom. The highest BCUT2D eigenvalue weighted by Gasteiger charge is 2.52. The average molecular weight is 485 g/mol. The number of nitrogens with zero attached hydrogens (tertiary/aromatic N) is 3. The van der Waals surface area contributed by atoms with Gasteiger partial charge in [-0.25, -0.2) is 0 Å². The second kappa shape index (κ2) is 10.3. The van der Waals surface area contributed by atoms with Gasteiger partial charge < -0.3 is 24.8 Å². The summed E-state index contributed by atoms with van der Waals surface area (Å²) in [6.07, 6.45) is 0.452. The van der Waals surface area contributed by atoms with Gasteiger partial charge in [0.2, 0.25) is 5.91 Å².